The van der Waals surface area contributed by atoms with Gasteiger partial charge < -0.3 is 10.2 Å². The molecule has 0 unspecified atom stereocenters. The van der Waals surface area contributed by atoms with Gasteiger partial charge in [-0.15, -0.1) is 0 Å². The van der Waals surface area contributed by atoms with Crippen LogP contribution in [0.3, 0.4) is 0 Å². The number of phenolic OH excluding ortho intramolecular Hbond substituents is 2. The summed E-state index contributed by atoms with van der Waals surface area (Å²) in [6.07, 6.45) is 0. The van der Waals surface area contributed by atoms with E-state index in [0.717, 1.165) is 17.2 Å². The lowest BCUT2D eigenvalue weighted by Crippen LogP contribution is -1.95. The molecule has 1 rings (SSSR count). The average Bonchev–Trinajstić information content (AvgIpc) is 2.30. The van der Waals surface area contributed by atoms with Gasteiger partial charge >= 0.3 is 0 Å². The van der Waals surface area contributed by atoms with E-state index in [9.17, 15) is 10.2 Å². The minimum Gasteiger partial charge on any atom is -0.504 e. The van der Waals surface area contributed by atoms with Gasteiger partial charge in [0.15, 0.2) is 11.5 Å². The molecule has 0 aliphatic heterocycles. The summed E-state index contributed by atoms with van der Waals surface area (Å²) in [4.78, 5) is 0. The summed E-state index contributed by atoms with van der Waals surface area (Å²) in [5, 5.41) is 37.1. The molecule has 0 heterocycles. The van der Waals surface area contributed by atoms with Crippen molar-refractivity contribution in [2.45, 2.75) is 20.8 Å². The van der Waals surface area contributed by atoms with E-state index >= 15 is 0 Å². The molecular formula is C13H12N2O2. The van der Waals surface area contributed by atoms with E-state index < -0.39 is 11.5 Å². The summed E-state index contributed by atoms with van der Waals surface area (Å²) in [6.45, 7) is 5.46. The molecule has 0 aromatic heterocycles. The molecule has 0 atom stereocenters. The van der Waals surface area contributed by atoms with Gasteiger partial charge in [-0.3, -0.25) is 0 Å². The molecule has 0 aliphatic carbocycles. The van der Waals surface area contributed by atoms with E-state index in [1.807, 2.05) is 26.0 Å². The van der Waals surface area contributed by atoms with Crippen LogP contribution in [0.15, 0.2) is 11.6 Å². The molecule has 0 radical (unpaired) electrons. The van der Waals surface area contributed by atoms with Crippen molar-refractivity contribution in [2.24, 2.45) is 0 Å². The normalized spacial score (nSPS) is 9.24. The average molecular weight is 228 g/mol. The fourth-order valence-corrected chi connectivity index (χ4v) is 1.49. The van der Waals surface area contributed by atoms with Crippen LogP contribution in [-0.2, 0) is 0 Å². The van der Waals surface area contributed by atoms with Crippen molar-refractivity contribution in [3.05, 3.63) is 28.3 Å². The fraction of sp³-hybridized carbons (Fsp3) is 0.231. The lowest BCUT2D eigenvalue weighted by atomic mass is 9.92. The molecule has 0 saturated carbocycles. The number of allylic oxidation sites excluding steroid dienone is 2. The summed E-state index contributed by atoms with van der Waals surface area (Å²) in [6, 6.07) is 4.90. The third-order valence-corrected chi connectivity index (χ3v) is 2.64. The quantitative estimate of drug-likeness (QED) is 0.723. The molecule has 2 N–H and O–H groups in total. The third kappa shape index (κ3) is 2.07. The Morgan fingerprint density at radius 1 is 1.12 bits per heavy atom. The fourth-order valence-electron chi connectivity index (χ4n) is 1.49. The predicted molar refractivity (Wildman–Crippen MR) is 63.1 cm³/mol. The van der Waals surface area contributed by atoms with Crippen LogP contribution in [-0.4, -0.2) is 10.2 Å². The molecule has 0 aliphatic rings. The Morgan fingerprint density at radius 2 is 1.71 bits per heavy atom. The van der Waals surface area contributed by atoms with Gasteiger partial charge in [0, 0.05) is 11.6 Å². The summed E-state index contributed by atoms with van der Waals surface area (Å²) in [5.74, 6) is -0.939. The highest BCUT2D eigenvalue weighted by Gasteiger charge is 2.18. The molecule has 1 aromatic carbocycles. The first-order valence-corrected chi connectivity index (χ1v) is 4.97. The van der Waals surface area contributed by atoms with E-state index in [1.54, 1.807) is 6.92 Å². The zero-order valence-electron chi connectivity index (χ0n) is 9.87. The first-order valence-electron chi connectivity index (χ1n) is 4.97. The molecule has 1 aromatic rings. The van der Waals surface area contributed by atoms with Crippen molar-refractivity contribution in [1.29, 1.82) is 10.5 Å². The van der Waals surface area contributed by atoms with Crippen molar-refractivity contribution < 1.29 is 10.2 Å². The van der Waals surface area contributed by atoms with Gasteiger partial charge in [0.1, 0.15) is 11.6 Å². The maximum Gasteiger partial charge on any atom is 0.176 e. The van der Waals surface area contributed by atoms with Crippen LogP contribution in [0.25, 0.3) is 5.57 Å². The molecule has 0 amide bonds. The van der Waals surface area contributed by atoms with Crippen LogP contribution in [0.1, 0.15) is 37.5 Å². The first-order chi connectivity index (χ1) is 7.93. The number of hydrogen-bond acceptors (Lipinski definition) is 4. The second-order valence-corrected chi connectivity index (χ2v) is 3.89. The molecule has 4 nitrogen and oxygen atoms in total. The molecule has 0 fully saturated rings. The maximum absolute atomic E-state index is 9.62. The van der Waals surface area contributed by atoms with Gasteiger partial charge in [-0.05, 0) is 26.3 Å². The predicted octanol–water partition coefficient (Wildman–Crippen LogP) is 2.65. The Bertz CT molecular complexity index is 583. The summed E-state index contributed by atoms with van der Waals surface area (Å²) in [7, 11) is 0. The molecule has 0 saturated heterocycles. The van der Waals surface area contributed by atoms with Crippen LogP contribution in [0.2, 0.25) is 0 Å². The van der Waals surface area contributed by atoms with Crippen LogP contribution in [0, 0.1) is 22.7 Å². The number of nitrogens with zero attached hydrogens (tertiary/aromatic N) is 2. The zero-order valence-corrected chi connectivity index (χ0v) is 9.87. The van der Waals surface area contributed by atoms with E-state index in [2.05, 4.69) is 0 Å². The summed E-state index contributed by atoms with van der Waals surface area (Å²) in [5.41, 5.74) is 2.16. The van der Waals surface area contributed by atoms with E-state index in [-0.39, 0.29) is 11.1 Å². The smallest absolute Gasteiger partial charge is 0.176 e. The molecule has 17 heavy (non-hydrogen) atoms. The lowest BCUT2D eigenvalue weighted by molar-refractivity contribution is 0.402. The highest BCUT2D eigenvalue weighted by Crippen LogP contribution is 2.37. The maximum atomic E-state index is 9.62. The second-order valence-electron chi connectivity index (χ2n) is 3.89. The van der Waals surface area contributed by atoms with Crippen molar-refractivity contribution >= 4 is 5.57 Å². The molecule has 0 spiro atoms. The van der Waals surface area contributed by atoms with E-state index in [4.69, 9.17) is 10.5 Å². The van der Waals surface area contributed by atoms with Crippen molar-refractivity contribution in [2.75, 3.05) is 0 Å². The Hall–Kier alpha value is -2.46. The Kier molecular flexibility index (Phi) is 3.40. The monoisotopic (exact) mass is 228 g/mol. The van der Waals surface area contributed by atoms with Crippen LogP contribution in [0.5, 0.6) is 11.5 Å². The van der Waals surface area contributed by atoms with Crippen molar-refractivity contribution in [3.63, 3.8) is 0 Å². The van der Waals surface area contributed by atoms with Gasteiger partial charge in [0.25, 0.3) is 0 Å². The highest BCUT2D eigenvalue weighted by molar-refractivity contribution is 5.79. The number of benzene rings is 1. The van der Waals surface area contributed by atoms with Gasteiger partial charge in [-0.25, -0.2) is 0 Å². The number of nitriles is 2. The van der Waals surface area contributed by atoms with Gasteiger partial charge in [0.05, 0.1) is 11.6 Å². The second kappa shape index (κ2) is 4.59. The van der Waals surface area contributed by atoms with Gasteiger partial charge in [-0.2, -0.15) is 10.5 Å². The van der Waals surface area contributed by atoms with Crippen molar-refractivity contribution in [1.82, 2.24) is 0 Å². The van der Waals surface area contributed by atoms with E-state index in [1.165, 1.54) is 0 Å². The zero-order chi connectivity index (χ0) is 13.2. The standard InChI is InChI=1S/C13H12N2O2/c1-7(2)8(3)12-9(5-14)4-11(16)13(17)10(12)6-15/h4,16-17H,1-3H3. The third-order valence-electron chi connectivity index (χ3n) is 2.64. The molecular weight excluding hydrogens is 216 g/mol. The SMILES string of the molecule is CC(C)=C(C)c1c(C#N)cc(O)c(O)c1C#N. The van der Waals surface area contributed by atoms with Crippen LogP contribution >= 0.6 is 0 Å². The minimum absolute atomic E-state index is 0.0692. The number of aromatic hydroxyl groups is 2. The Morgan fingerprint density at radius 3 is 2.12 bits per heavy atom. The molecule has 86 valence electrons. The van der Waals surface area contributed by atoms with Crippen LogP contribution < -0.4 is 0 Å². The Balaban J connectivity index is 3.83. The Labute approximate surface area is 99.7 Å². The summed E-state index contributed by atoms with van der Waals surface area (Å²) >= 11 is 0. The number of hydrogen-bond donors (Lipinski definition) is 2. The largest absolute Gasteiger partial charge is 0.504 e. The minimum atomic E-state index is -0.484. The van der Waals surface area contributed by atoms with E-state index in [0.29, 0.717) is 5.56 Å². The lowest BCUT2D eigenvalue weighted by Gasteiger charge is -2.11. The number of rotatable bonds is 1. The van der Waals surface area contributed by atoms with Crippen LogP contribution in [0.4, 0.5) is 0 Å². The highest BCUT2D eigenvalue weighted by atomic mass is 16.3. The van der Waals surface area contributed by atoms with Gasteiger partial charge in [-0.1, -0.05) is 5.57 Å². The van der Waals surface area contributed by atoms with Crippen molar-refractivity contribution in [3.8, 4) is 23.6 Å². The van der Waals surface area contributed by atoms with Gasteiger partial charge in [0.2, 0.25) is 0 Å². The molecule has 4 heteroatoms. The summed E-state index contributed by atoms with van der Waals surface area (Å²) < 4.78 is 0. The molecule has 0 bridgehead atoms. The number of phenols is 2. The first kappa shape index (κ1) is 12.6. The topological polar surface area (TPSA) is 88.0 Å².